The van der Waals surface area contributed by atoms with E-state index >= 15 is 0 Å². The van der Waals surface area contributed by atoms with Crippen molar-refractivity contribution in [1.29, 1.82) is 0 Å². The summed E-state index contributed by atoms with van der Waals surface area (Å²) in [5, 5.41) is 8.66. The highest BCUT2D eigenvalue weighted by Crippen LogP contribution is 2.33. The molecule has 1 N–H and O–H groups in total. The molecule has 17 heavy (non-hydrogen) atoms. The number of carboxylic acid groups (broad SMARTS) is 1. The molecule has 0 heterocycles. The zero-order valence-corrected chi connectivity index (χ0v) is 11.5. The van der Waals surface area contributed by atoms with Crippen LogP contribution in [0.3, 0.4) is 0 Å². The molecule has 0 aromatic rings. The Morgan fingerprint density at radius 2 is 2.00 bits per heavy atom. The van der Waals surface area contributed by atoms with Crippen LogP contribution in [0.25, 0.3) is 0 Å². The van der Waals surface area contributed by atoms with E-state index in [0.29, 0.717) is 12.5 Å². The van der Waals surface area contributed by atoms with Crippen LogP contribution in [-0.2, 0) is 4.79 Å². The zero-order valence-electron chi connectivity index (χ0n) is 11.5. The van der Waals surface area contributed by atoms with E-state index in [1.807, 2.05) is 0 Å². The van der Waals surface area contributed by atoms with E-state index < -0.39 is 5.97 Å². The van der Waals surface area contributed by atoms with Crippen molar-refractivity contribution in [1.82, 2.24) is 4.90 Å². The predicted molar refractivity (Wildman–Crippen MR) is 70.1 cm³/mol. The molecule has 0 amide bonds. The number of nitrogens with zero attached hydrogens (tertiary/aromatic N) is 1. The van der Waals surface area contributed by atoms with Crippen LogP contribution >= 0.6 is 0 Å². The SMILES string of the molecule is CC(C)C1CCCCC1N(C)CCCC(=O)O. The molecule has 0 radical (unpaired) electrons. The molecule has 2 atom stereocenters. The standard InChI is InChI=1S/C14H27NO2/c1-11(2)12-7-4-5-8-13(12)15(3)10-6-9-14(16)17/h11-13H,4-10H2,1-3H3,(H,16,17). The second-order valence-electron chi connectivity index (χ2n) is 5.74. The molecule has 0 saturated heterocycles. The summed E-state index contributed by atoms with van der Waals surface area (Å²) in [4.78, 5) is 12.9. The average molecular weight is 241 g/mol. The summed E-state index contributed by atoms with van der Waals surface area (Å²) in [6, 6.07) is 0.664. The van der Waals surface area contributed by atoms with Crippen molar-refractivity contribution in [3.8, 4) is 0 Å². The van der Waals surface area contributed by atoms with Crippen LogP contribution in [0.4, 0.5) is 0 Å². The minimum atomic E-state index is -0.678. The Hall–Kier alpha value is -0.570. The average Bonchev–Trinajstić information content (AvgIpc) is 2.28. The molecule has 0 aromatic heterocycles. The van der Waals surface area contributed by atoms with Crippen LogP contribution in [-0.4, -0.2) is 35.6 Å². The molecule has 0 bridgehead atoms. The van der Waals surface area contributed by atoms with Gasteiger partial charge in [0.15, 0.2) is 0 Å². The molecule has 0 aromatic carbocycles. The van der Waals surface area contributed by atoms with Crippen molar-refractivity contribution in [2.75, 3.05) is 13.6 Å². The maximum Gasteiger partial charge on any atom is 0.303 e. The molecule has 1 rings (SSSR count). The lowest BCUT2D eigenvalue weighted by Crippen LogP contribution is -2.42. The summed E-state index contributed by atoms with van der Waals surface area (Å²) in [7, 11) is 2.16. The van der Waals surface area contributed by atoms with Gasteiger partial charge in [-0.2, -0.15) is 0 Å². The first kappa shape index (κ1) is 14.5. The number of aliphatic carboxylic acids is 1. The summed E-state index contributed by atoms with van der Waals surface area (Å²) in [6.45, 7) is 5.54. The van der Waals surface area contributed by atoms with Gasteiger partial charge in [-0.1, -0.05) is 26.7 Å². The predicted octanol–water partition coefficient (Wildman–Crippen LogP) is 3.00. The highest BCUT2D eigenvalue weighted by Gasteiger charge is 2.29. The largest absolute Gasteiger partial charge is 0.481 e. The first-order chi connectivity index (χ1) is 8.02. The van der Waals surface area contributed by atoms with Gasteiger partial charge in [0.1, 0.15) is 0 Å². The summed E-state index contributed by atoms with van der Waals surface area (Å²) >= 11 is 0. The molecule has 100 valence electrons. The Morgan fingerprint density at radius 1 is 1.35 bits per heavy atom. The highest BCUT2D eigenvalue weighted by molar-refractivity contribution is 5.66. The normalized spacial score (nSPS) is 25.5. The molecular formula is C14H27NO2. The second kappa shape index (κ2) is 7.00. The van der Waals surface area contributed by atoms with Gasteiger partial charge >= 0.3 is 5.97 Å². The van der Waals surface area contributed by atoms with Gasteiger partial charge in [-0.05, 0) is 44.7 Å². The fraction of sp³-hybridized carbons (Fsp3) is 0.929. The second-order valence-corrected chi connectivity index (χ2v) is 5.74. The lowest BCUT2D eigenvalue weighted by Gasteiger charge is -2.40. The van der Waals surface area contributed by atoms with E-state index in [9.17, 15) is 4.79 Å². The van der Waals surface area contributed by atoms with Crippen LogP contribution in [0.5, 0.6) is 0 Å². The Kier molecular flexibility index (Phi) is 5.96. The van der Waals surface area contributed by atoms with Gasteiger partial charge in [-0.3, -0.25) is 4.79 Å². The molecule has 2 unspecified atom stereocenters. The number of rotatable bonds is 6. The first-order valence-corrected chi connectivity index (χ1v) is 6.94. The molecule has 3 nitrogen and oxygen atoms in total. The van der Waals surface area contributed by atoms with Gasteiger partial charge in [0, 0.05) is 12.5 Å². The highest BCUT2D eigenvalue weighted by atomic mass is 16.4. The van der Waals surface area contributed by atoms with Crippen LogP contribution in [0, 0.1) is 11.8 Å². The molecule has 0 aliphatic heterocycles. The molecule has 3 heteroatoms. The van der Waals surface area contributed by atoms with Gasteiger partial charge in [0.2, 0.25) is 0 Å². The van der Waals surface area contributed by atoms with Crippen molar-refractivity contribution in [2.45, 2.75) is 58.4 Å². The third kappa shape index (κ3) is 4.66. The molecule has 1 aliphatic carbocycles. The molecule has 1 fully saturated rings. The minimum Gasteiger partial charge on any atom is -0.481 e. The maximum absolute atomic E-state index is 10.5. The summed E-state index contributed by atoms with van der Waals surface area (Å²) in [5.41, 5.74) is 0. The lowest BCUT2D eigenvalue weighted by molar-refractivity contribution is -0.137. The van der Waals surface area contributed by atoms with Gasteiger partial charge in [-0.25, -0.2) is 0 Å². The number of carboxylic acids is 1. The van der Waals surface area contributed by atoms with E-state index in [1.165, 1.54) is 25.7 Å². The first-order valence-electron chi connectivity index (χ1n) is 6.94. The van der Waals surface area contributed by atoms with E-state index in [0.717, 1.165) is 24.8 Å². The van der Waals surface area contributed by atoms with Crippen LogP contribution in [0.1, 0.15) is 52.4 Å². The zero-order chi connectivity index (χ0) is 12.8. The van der Waals surface area contributed by atoms with Gasteiger partial charge in [0.05, 0.1) is 0 Å². The quantitative estimate of drug-likeness (QED) is 0.777. The van der Waals surface area contributed by atoms with Crippen molar-refractivity contribution >= 4 is 5.97 Å². The third-order valence-corrected chi connectivity index (χ3v) is 4.11. The Balaban J connectivity index is 2.41. The van der Waals surface area contributed by atoms with E-state index in [-0.39, 0.29) is 0 Å². The molecule has 1 aliphatic rings. The molecular weight excluding hydrogens is 214 g/mol. The van der Waals surface area contributed by atoms with Crippen LogP contribution < -0.4 is 0 Å². The lowest BCUT2D eigenvalue weighted by atomic mass is 9.77. The van der Waals surface area contributed by atoms with Crippen LogP contribution in [0.15, 0.2) is 0 Å². The number of carbonyl (C=O) groups is 1. The van der Waals surface area contributed by atoms with Gasteiger partial charge in [-0.15, -0.1) is 0 Å². The fourth-order valence-corrected chi connectivity index (χ4v) is 3.11. The van der Waals surface area contributed by atoms with E-state index in [2.05, 4.69) is 25.8 Å². The monoisotopic (exact) mass is 241 g/mol. The summed E-state index contributed by atoms with van der Waals surface area (Å²) in [5.74, 6) is 0.850. The van der Waals surface area contributed by atoms with Crippen molar-refractivity contribution in [2.24, 2.45) is 11.8 Å². The van der Waals surface area contributed by atoms with Crippen molar-refractivity contribution in [3.63, 3.8) is 0 Å². The van der Waals surface area contributed by atoms with Crippen LogP contribution in [0.2, 0.25) is 0 Å². The number of hydrogen-bond donors (Lipinski definition) is 1. The van der Waals surface area contributed by atoms with E-state index in [4.69, 9.17) is 5.11 Å². The van der Waals surface area contributed by atoms with Gasteiger partial charge in [0.25, 0.3) is 0 Å². The molecule has 0 spiro atoms. The Bertz CT molecular complexity index is 240. The summed E-state index contributed by atoms with van der Waals surface area (Å²) < 4.78 is 0. The minimum absolute atomic E-state index is 0.295. The van der Waals surface area contributed by atoms with Gasteiger partial charge < -0.3 is 10.0 Å². The maximum atomic E-state index is 10.5. The Morgan fingerprint density at radius 3 is 2.59 bits per heavy atom. The smallest absolute Gasteiger partial charge is 0.303 e. The van der Waals surface area contributed by atoms with E-state index in [1.54, 1.807) is 0 Å². The number of hydrogen-bond acceptors (Lipinski definition) is 2. The summed E-state index contributed by atoms with van der Waals surface area (Å²) in [6.07, 6.45) is 6.38. The topological polar surface area (TPSA) is 40.5 Å². The van der Waals surface area contributed by atoms with Crippen molar-refractivity contribution < 1.29 is 9.90 Å². The fourth-order valence-electron chi connectivity index (χ4n) is 3.11. The Labute approximate surface area is 105 Å². The molecule has 1 saturated carbocycles. The van der Waals surface area contributed by atoms with Crippen molar-refractivity contribution in [3.05, 3.63) is 0 Å². The third-order valence-electron chi connectivity index (χ3n) is 4.11.